The molecule has 0 spiro atoms. The molecule has 0 aromatic heterocycles. The lowest BCUT2D eigenvalue weighted by Crippen LogP contribution is -2.50. The van der Waals surface area contributed by atoms with Gasteiger partial charge >= 0.3 is 0 Å². The van der Waals surface area contributed by atoms with Crippen molar-refractivity contribution in [1.82, 2.24) is 10.2 Å². The maximum Gasteiger partial charge on any atom is 0.239 e. The second-order valence-electron chi connectivity index (χ2n) is 3.57. The van der Waals surface area contributed by atoms with Crippen molar-refractivity contribution in [3.63, 3.8) is 0 Å². The van der Waals surface area contributed by atoms with Gasteiger partial charge in [-0.1, -0.05) is 6.92 Å². The summed E-state index contributed by atoms with van der Waals surface area (Å²) in [7, 11) is 0. The molecule has 1 amide bonds. The first-order valence-corrected chi connectivity index (χ1v) is 5.31. The minimum absolute atomic E-state index is 0.0913. The molecular weight excluding hydrogens is 164 g/mol. The molecule has 1 aliphatic rings. The molecule has 76 valence electrons. The van der Waals surface area contributed by atoms with Gasteiger partial charge in [0.25, 0.3) is 0 Å². The van der Waals surface area contributed by atoms with Crippen molar-refractivity contribution in [2.24, 2.45) is 0 Å². The summed E-state index contributed by atoms with van der Waals surface area (Å²) in [6.45, 7) is 6.91. The summed E-state index contributed by atoms with van der Waals surface area (Å²) in [5, 5.41) is 3.29. The molecule has 3 heteroatoms. The average molecular weight is 184 g/mol. The van der Waals surface area contributed by atoms with E-state index in [1.54, 1.807) is 0 Å². The zero-order valence-corrected chi connectivity index (χ0v) is 8.68. The smallest absolute Gasteiger partial charge is 0.239 e. The number of likely N-dealkylation sites (tertiary alicyclic amines) is 1. The van der Waals surface area contributed by atoms with Crippen LogP contribution in [-0.4, -0.2) is 36.5 Å². The van der Waals surface area contributed by atoms with E-state index in [0.717, 1.165) is 38.9 Å². The maximum absolute atomic E-state index is 11.7. The highest BCUT2D eigenvalue weighted by Gasteiger charge is 2.26. The van der Waals surface area contributed by atoms with Gasteiger partial charge in [0.2, 0.25) is 5.91 Å². The molecule has 0 aromatic carbocycles. The molecule has 0 aromatic rings. The number of amides is 1. The standard InChI is InChI=1S/C10H20N2O/c1-3-7-11-9-6-5-8-12(4-2)10(9)13/h9,11H,3-8H2,1-2H3. The molecule has 3 nitrogen and oxygen atoms in total. The predicted molar refractivity (Wildman–Crippen MR) is 53.6 cm³/mol. The molecule has 1 N–H and O–H groups in total. The second-order valence-corrected chi connectivity index (χ2v) is 3.57. The lowest BCUT2D eigenvalue weighted by molar-refractivity contribution is -0.135. The lowest BCUT2D eigenvalue weighted by atomic mass is 10.0. The first-order valence-electron chi connectivity index (χ1n) is 5.31. The van der Waals surface area contributed by atoms with Crippen LogP contribution in [0.4, 0.5) is 0 Å². The quantitative estimate of drug-likeness (QED) is 0.707. The highest BCUT2D eigenvalue weighted by atomic mass is 16.2. The SMILES string of the molecule is CCCNC1CCCN(CC)C1=O. The number of hydrogen-bond donors (Lipinski definition) is 1. The van der Waals surface area contributed by atoms with Gasteiger partial charge in [0, 0.05) is 13.1 Å². The van der Waals surface area contributed by atoms with Gasteiger partial charge in [-0.2, -0.15) is 0 Å². The minimum atomic E-state index is 0.0913. The molecule has 0 bridgehead atoms. The van der Waals surface area contributed by atoms with Crippen molar-refractivity contribution < 1.29 is 4.79 Å². The van der Waals surface area contributed by atoms with Gasteiger partial charge in [-0.3, -0.25) is 4.79 Å². The lowest BCUT2D eigenvalue weighted by Gasteiger charge is -2.31. The first-order chi connectivity index (χ1) is 6.29. The Morgan fingerprint density at radius 1 is 1.54 bits per heavy atom. The van der Waals surface area contributed by atoms with Crippen molar-refractivity contribution in [2.75, 3.05) is 19.6 Å². The van der Waals surface area contributed by atoms with Gasteiger partial charge < -0.3 is 10.2 Å². The third-order valence-corrected chi connectivity index (χ3v) is 2.55. The minimum Gasteiger partial charge on any atom is -0.342 e. The Labute approximate surface area is 80.5 Å². The molecule has 13 heavy (non-hydrogen) atoms. The van der Waals surface area contributed by atoms with Crippen LogP contribution in [0.1, 0.15) is 33.1 Å². The predicted octanol–water partition coefficient (Wildman–Crippen LogP) is 0.997. The molecule has 1 unspecified atom stereocenters. The number of nitrogens with one attached hydrogen (secondary N) is 1. The van der Waals surface area contributed by atoms with E-state index in [9.17, 15) is 4.79 Å². The molecule has 1 rings (SSSR count). The molecule has 1 fully saturated rings. The summed E-state index contributed by atoms with van der Waals surface area (Å²) in [5.41, 5.74) is 0. The van der Waals surface area contributed by atoms with Crippen molar-refractivity contribution in [2.45, 2.75) is 39.2 Å². The van der Waals surface area contributed by atoms with Crippen LogP contribution in [0.15, 0.2) is 0 Å². The van der Waals surface area contributed by atoms with E-state index in [1.165, 1.54) is 0 Å². The van der Waals surface area contributed by atoms with Crippen molar-refractivity contribution in [3.8, 4) is 0 Å². The molecule has 1 atom stereocenters. The van der Waals surface area contributed by atoms with Crippen LogP contribution >= 0.6 is 0 Å². The van der Waals surface area contributed by atoms with Crippen LogP contribution in [0.5, 0.6) is 0 Å². The number of hydrogen-bond acceptors (Lipinski definition) is 2. The Kier molecular flexibility index (Phi) is 4.22. The number of likely N-dealkylation sites (N-methyl/N-ethyl adjacent to an activating group) is 1. The van der Waals surface area contributed by atoms with Crippen molar-refractivity contribution in [1.29, 1.82) is 0 Å². The van der Waals surface area contributed by atoms with Crippen molar-refractivity contribution in [3.05, 3.63) is 0 Å². The number of carbonyl (C=O) groups is 1. The van der Waals surface area contributed by atoms with Crippen LogP contribution in [0.2, 0.25) is 0 Å². The van der Waals surface area contributed by atoms with Gasteiger partial charge in [-0.15, -0.1) is 0 Å². The number of carbonyl (C=O) groups excluding carboxylic acids is 1. The van der Waals surface area contributed by atoms with Gasteiger partial charge in [-0.25, -0.2) is 0 Å². The zero-order chi connectivity index (χ0) is 9.68. The van der Waals surface area contributed by atoms with Gasteiger partial charge in [0.15, 0.2) is 0 Å². The third-order valence-electron chi connectivity index (χ3n) is 2.55. The largest absolute Gasteiger partial charge is 0.342 e. The van der Waals surface area contributed by atoms with Gasteiger partial charge in [0.05, 0.1) is 6.04 Å². The van der Waals surface area contributed by atoms with Crippen LogP contribution in [0.25, 0.3) is 0 Å². The summed E-state index contributed by atoms with van der Waals surface area (Å²) in [4.78, 5) is 13.7. The Hall–Kier alpha value is -0.570. The van der Waals surface area contributed by atoms with Crippen LogP contribution in [-0.2, 0) is 4.79 Å². The molecule has 0 radical (unpaired) electrons. The van der Waals surface area contributed by atoms with E-state index in [1.807, 2.05) is 11.8 Å². The highest BCUT2D eigenvalue weighted by molar-refractivity contribution is 5.82. The second kappa shape index (κ2) is 5.22. The van der Waals surface area contributed by atoms with Crippen LogP contribution in [0, 0.1) is 0 Å². The fourth-order valence-corrected chi connectivity index (χ4v) is 1.76. The molecule has 1 saturated heterocycles. The molecule has 1 aliphatic heterocycles. The van der Waals surface area contributed by atoms with Crippen LogP contribution < -0.4 is 5.32 Å². The van der Waals surface area contributed by atoms with Gasteiger partial charge in [-0.05, 0) is 32.7 Å². The average Bonchev–Trinajstić information content (AvgIpc) is 2.16. The summed E-state index contributed by atoms with van der Waals surface area (Å²) < 4.78 is 0. The molecule has 1 heterocycles. The van der Waals surface area contributed by atoms with Crippen LogP contribution in [0.3, 0.4) is 0 Å². The highest BCUT2D eigenvalue weighted by Crippen LogP contribution is 2.10. The van der Waals surface area contributed by atoms with E-state index in [2.05, 4.69) is 12.2 Å². The monoisotopic (exact) mass is 184 g/mol. The topological polar surface area (TPSA) is 32.3 Å². The molecular formula is C10H20N2O. The summed E-state index contributed by atoms with van der Waals surface area (Å²) >= 11 is 0. The summed E-state index contributed by atoms with van der Waals surface area (Å²) in [5.74, 6) is 0.294. The fraction of sp³-hybridized carbons (Fsp3) is 0.900. The van der Waals surface area contributed by atoms with E-state index in [-0.39, 0.29) is 6.04 Å². The summed E-state index contributed by atoms with van der Waals surface area (Å²) in [6.07, 6.45) is 3.24. The van der Waals surface area contributed by atoms with E-state index >= 15 is 0 Å². The third kappa shape index (κ3) is 2.69. The Morgan fingerprint density at radius 3 is 2.92 bits per heavy atom. The van der Waals surface area contributed by atoms with E-state index in [0.29, 0.717) is 5.91 Å². The Bertz CT molecular complexity index is 170. The first kappa shape index (κ1) is 10.5. The number of piperidine rings is 1. The Balaban J connectivity index is 2.40. The van der Waals surface area contributed by atoms with Crippen molar-refractivity contribution >= 4 is 5.91 Å². The number of rotatable bonds is 4. The Morgan fingerprint density at radius 2 is 2.31 bits per heavy atom. The van der Waals surface area contributed by atoms with Gasteiger partial charge in [0.1, 0.15) is 0 Å². The molecule has 0 saturated carbocycles. The normalized spacial score (nSPS) is 23.7. The number of nitrogens with zero attached hydrogens (tertiary/aromatic N) is 1. The maximum atomic E-state index is 11.7. The fourth-order valence-electron chi connectivity index (χ4n) is 1.76. The molecule has 0 aliphatic carbocycles. The van der Waals surface area contributed by atoms with E-state index < -0.39 is 0 Å². The zero-order valence-electron chi connectivity index (χ0n) is 8.68. The summed E-state index contributed by atoms with van der Waals surface area (Å²) in [6, 6.07) is 0.0913. The van der Waals surface area contributed by atoms with E-state index in [4.69, 9.17) is 0 Å².